The summed E-state index contributed by atoms with van der Waals surface area (Å²) in [6, 6.07) is 20.0. The molecule has 1 aliphatic heterocycles. The Bertz CT molecular complexity index is 3480. The topological polar surface area (TPSA) is 188 Å². The number of epoxide rings is 1. The fourth-order valence-corrected chi connectivity index (χ4v) is 15.3. The number of carbonyl (C=O) groups is 2. The molecule has 0 amide bonds. The van der Waals surface area contributed by atoms with Gasteiger partial charge in [0, 0.05) is 0 Å². The van der Waals surface area contributed by atoms with Crippen LogP contribution >= 0.6 is 0 Å². The monoisotopic (exact) mass is 1630 g/mol. The Morgan fingerprint density at radius 1 is 0.491 bits per heavy atom. The zero-order valence-corrected chi connectivity index (χ0v) is 63.8. The molecule has 108 heavy (non-hydrogen) atoms. The van der Waals surface area contributed by atoms with Gasteiger partial charge in [-0.05, 0) is 79.6 Å². The summed E-state index contributed by atoms with van der Waals surface area (Å²) in [5, 5.41) is 17.3. The number of hydrogen-bond acceptors (Lipinski definition) is 15. The van der Waals surface area contributed by atoms with Gasteiger partial charge >= 0.3 is 54.2 Å². The van der Waals surface area contributed by atoms with Gasteiger partial charge in [-0.3, -0.25) is 0 Å². The van der Waals surface area contributed by atoms with Crippen molar-refractivity contribution in [3.05, 3.63) is 181 Å². The Kier molecular flexibility index (Phi) is 48.8. The molecule has 0 radical (unpaired) electrons. The summed E-state index contributed by atoms with van der Waals surface area (Å²) in [5.74, 6) is -43.2. The van der Waals surface area contributed by atoms with E-state index in [1.165, 1.54) is 58.1 Å². The summed E-state index contributed by atoms with van der Waals surface area (Å²) in [5.41, 5.74) is 2.05. The fraction of sp³-hybridized carbons (Fsp3) is 0.412. The summed E-state index contributed by atoms with van der Waals surface area (Å²) >= 11 is 0. The summed E-state index contributed by atoms with van der Waals surface area (Å²) in [6.07, 6.45) is -11.6. The van der Waals surface area contributed by atoms with Crippen molar-refractivity contribution in [3.8, 4) is 47.3 Å². The Morgan fingerprint density at radius 2 is 0.741 bits per heavy atom. The van der Waals surface area contributed by atoms with Gasteiger partial charge in [-0.1, -0.05) is 120 Å². The maximum absolute atomic E-state index is 13.5. The minimum atomic E-state index is -5.20. The Balaban J connectivity index is -0.00000128. The Morgan fingerprint density at radius 3 is 0.944 bits per heavy atom. The van der Waals surface area contributed by atoms with Crippen LogP contribution in [0.4, 0.5) is 102 Å². The Hall–Kier alpha value is -7.50. The third-order valence-corrected chi connectivity index (χ3v) is 17.7. The first kappa shape index (κ1) is 105. The van der Waals surface area contributed by atoms with Crippen LogP contribution < -0.4 is 58.0 Å². The van der Waals surface area contributed by atoms with Gasteiger partial charge in [0.15, 0.2) is 6.10 Å². The molecule has 6 aromatic rings. The van der Waals surface area contributed by atoms with Gasteiger partial charge < -0.3 is 67.1 Å². The van der Waals surface area contributed by atoms with E-state index in [0.717, 1.165) is 17.9 Å². The van der Waals surface area contributed by atoms with Crippen molar-refractivity contribution >= 4 is 28.8 Å². The molecular formula is C68H80F21N2NaO14Si2. The third-order valence-electron chi connectivity index (χ3n) is 12.3. The largest absolute Gasteiger partial charge is 1.00 e. The minimum absolute atomic E-state index is 0. The fourth-order valence-electron chi connectivity index (χ4n) is 7.24. The molecule has 2 N–H and O–H groups in total. The maximum atomic E-state index is 13.5. The van der Waals surface area contributed by atoms with Crippen LogP contribution in [0, 0.1) is 100 Å². The average molecular weight is 1630 g/mol. The molecule has 6 aromatic carbocycles. The molecule has 0 bridgehead atoms. The van der Waals surface area contributed by atoms with Crippen molar-refractivity contribution in [2.75, 3.05) is 60.8 Å². The molecule has 3 atom stereocenters. The van der Waals surface area contributed by atoms with E-state index in [-0.39, 0.29) is 56.8 Å². The van der Waals surface area contributed by atoms with Crippen LogP contribution in [0.2, 0.25) is 39.3 Å². The maximum Gasteiger partial charge on any atom is 1.00 e. The standard InChI is InChI=1S/C18H12F8O5.C13F10O3.C11H13F3O3.C8H10O2.C6H18NSi2.C6H15N.C3H6O.C2H2.CH4.Na/c1-28-9-4-2-8(3-5-9)6-29-7-10(18(24,25)26)30-17(27)31-16-14(22)12(20)11(19)13(21)15(16)23;14-1-3(16)7(20)11(8(21)4(1)17)25-13(24)26-12-9(22)5(18)2(15)6(19)10(12)23;1-16-9-4-2-8(3-5-9)6-17-7-10(15)11(12,13)14;1-10-8-4-2-7(6-9)3-5-8;1-8(2,3)7-9(4,5)6;1-4-7(5-2)6-3;1-3-2-4-3;1-2;;/h2-5,10H,6-7H2,1H3;;2-5,10,15H,6-7H2,1H3;2-5,9H,6H2,1H3;1-6H3;4-6H2,1-3H3;3H,2H2,1H3;1-2H;1H4;/q;;;;-1;;;;;+1/t10-;;10-;;;;3-;;;/m1.1...0.../s1. The number of ether oxygens (including phenoxy) is 10. The van der Waals surface area contributed by atoms with Crippen LogP contribution in [0.15, 0.2) is 72.8 Å². The Labute approximate surface area is 634 Å². The van der Waals surface area contributed by atoms with Crippen LogP contribution in [0.5, 0.6) is 34.5 Å². The van der Waals surface area contributed by atoms with Crippen molar-refractivity contribution < 1.29 is 189 Å². The third kappa shape index (κ3) is 37.7. The van der Waals surface area contributed by atoms with Crippen LogP contribution in [0.3, 0.4) is 0 Å². The summed E-state index contributed by atoms with van der Waals surface area (Å²) < 4.78 is 320. The number of methoxy groups -OCH3 is 3. The smallest absolute Gasteiger partial charge is 0.668 e. The molecule has 1 saturated heterocycles. The first-order valence-corrected chi connectivity index (χ1v) is 37.3. The number of alkyl halides is 6. The van der Waals surface area contributed by atoms with Gasteiger partial charge in [0.2, 0.25) is 111 Å². The van der Waals surface area contributed by atoms with E-state index >= 15 is 0 Å². The van der Waals surface area contributed by atoms with E-state index in [9.17, 15) is 102 Å². The van der Waals surface area contributed by atoms with Gasteiger partial charge in [-0.2, -0.15) is 52.7 Å². The van der Waals surface area contributed by atoms with Crippen LogP contribution in [-0.4, -0.2) is 135 Å². The van der Waals surface area contributed by atoms with Gasteiger partial charge in [-0.25, -0.2) is 49.1 Å². The molecule has 0 aromatic heterocycles. The van der Waals surface area contributed by atoms with Crippen LogP contribution in [-0.2, 0) is 38.8 Å². The van der Waals surface area contributed by atoms with Gasteiger partial charge in [0.25, 0.3) is 0 Å². The van der Waals surface area contributed by atoms with Crippen molar-refractivity contribution in [2.45, 2.75) is 125 Å². The molecule has 40 heteroatoms. The molecule has 1 aliphatic rings. The zero-order valence-electron chi connectivity index (χ0n) is 59.8. The average Bonchev–Trinajstić information content (AvgIpc) is 1.24. The molecule has 1 fully saturated rings. The molecule has 7 rings (SSSR count). The van der Waals surface area contributed by atoms with E-state index < -0.39 is 171 Å². The number of hydrogen-bond donors (Lipinski definition) is 2. The van der Waals surface area contributed by atoms with Crippen molar-refractivity contribution in [2.24, 2.45) is 0 Å². The molecule has 1 heterocycles. The van der Waals surface area contributed by atoms with E-state index in [0.29, 0.717) is 28.7 Å². The first-order chi connectivity index (χ1) is 49.2. The number of nitrogens with zero attached hydrogens (tertiary/aromatic N) is 2. The quantitative estimate of drug-likeness (QED) is 0.0101. The van der Waals surface area contributed by atoms with E-state index in [1.54, 1.807) is 31.4 Å². The summed E-state index contributed by atoms with van der Waals surface area (Å²) in [6.45, 7) is 24.7. The zero-order chi connectivity index (χ0) is 81.9. The van der Waals surface area contributed by atoms with E-state index in [2.05, 4.69) is 104 Å². The number of rotatable bonds is 21. The normalized spacial score (nSPS) is 12.5. The van der Waals surface area contributed by atoms with Gasteiger partial charge in [-0.15, -0.1) is 12.8 Å². The second-order valence-electron chi connectivity index (χ2n) is 22.7. The second kappa shape index (κ2) is 50.3. The van der Waals surface area contributed by atoms with Crippen molar-refractivity contribution in [3.63, 3.8) is 0 Å². The number of aliphatic hydroxyl groups is 2. The molecule has 0 aliphatic carbocycles. The molecular weight excluding hydrogens is 1550 g/mol. The minimum Gasteiger partial charge on any atom is -0.668 e. The van der Waals surface area contributed by atoms with Crippen LogP contribution in [0.1, 0.15) is 51.8 Å². The van der Waals surface area contributed by atoms with Gasteiger partial charge in [0.05, 0.1) is 67.1 Å². The predicted octanol–water partition coefficient (Wildman–Crippen LogP) is 15.7. The van der Waals surface area contributed by atoms with Crippen molar-refractivity contribution in [1.29, 1.82) is 0 Å². The second-order valence-corrected chi connectivity index (χ2v) is 32.2. The summed E-state index contributed by atoms with van der Waals surface area (Å²) in [7, 11) is 2.33. The first-order valence-electron chi connectivity index (χ1n) is 30.4. The summed E-state index contributed by atoms with van der Waals surface area (Å²) in [4.78, 5) is 25.1. The number of benzene rings is 6. The number of aliphatic hydroxyl groups excluding tert-OH is 2. The number of carbonyl (C=O) groups excluding carboxylic acids is 2. The van der Waals surface area contributed by atoms with Crippen LogP contribution in [0.25, 0.3) is 4.65 Å². The van der Waals surface area contributed by atoms with Crippen molar-refractivity contribution in [1.82, 2.24) is 4.90 Å². The number of terminal acetylenes is 1. The molecule has 0 saturated carbocycles. The predicted molar refractivity (Wildman–Crippen MR) is 354 cm³/mol. The molecule has 0 unspecified atom stereocenters. The molecule has 16 nitrogen and oxygen atoms in total. The van der Waals surface area contributed by atoms with E-state index in [1.807, 2.05) is 24.3 Å². The number of halogens is 21. The SMILES string of the molecule is C.C#C.CCN(CC)CC.COc1ccc(CO)cc1.COc1ccc(COC[C@@H](O)C(F)(F)F)cc1.COc1ccc(COC[C@@H](OC(=O)Oc2c(F)c(F)c(F)c(F)c2F)C(F)(F)F)cc1.C[C@H]1CO1.C[Si](C)(C)[N-][Si](C)(C)C.O=C(Oc1c(F)c(F)c(F)c(F)c1F)Oc1c(F)c(F)c(F)c(F)c1F.[Na+]. The van der Waals surface area contributed by atoms with Gasteiger partial charge in [0.1, 0.15) is 17.2 Å². The molecule has 0 spiro atoms. The molecule has 602 valence electrons. The van der Waals surface area contributed by atoms with E-state index in [4.69, 9.17) is 43.3 Å².